The summed E-state index contributed by atoms with van der Waals surface area (Å²) in [5, 5.41) is 3.07. The first-order valence-electron chi connectivity index (χ1n) is 5.94. The number of anilines is 1. The zero-order chi connectivity index (χ0) is 14.0. The molecule has 19 heavy (non-hydrogen) atoms. The molecular formula is C13H15ClN2O3. The second-order valence-corrected chi connectivity index (χ2v) is 5.08. The number of rotatable bonds is 3. The van der Waals surface area contributed by atoms with Gasteiger partial charge >= 0.3 is 5.97 Å². The zero-order valence-electron chi connectivity index (χ0n) is 10.5. The first-order valence-corrected chi connectivity index (χ1v) is 6.32. The highest BCUT2D eigenvalue weighted by atomic mass is 35.5. The van der Waals surface area contributed by atoms with E-state index in [1.807, 2.05) is 0 Å². The maximum Gasteiger partial charge on any atom is 0.340 e. The van der Waals surface area contributed by atoms with Crippen LogP contribution in [0, 0.1) is 0 Å². The molecule has 0 saturated heterocycles. The Labute approximate surface area is 116 Å². The van der Waals surface area contributed by atoms with E-state index >= 15 is 0 Å². The third-order valence-corrected chi connectivity index (χ3v) is 3.57. The molecule has 0 radical (unpaired) electrons. The predicted molar refractivity (Wildman–Crippen MR) is 72.2 cm³/mol. The van der Waals surface area contributed by atoms with Crippen LogP contribution in [0.5, 0.6) is 0 Å². The van der Waals surface area contributed by atoms with Gasteiger partial charge in [0.25, 0.3) is 0 Å². The molecule has 1 aromatic carbocycles. The van der Waals surface area contributed by atoms with Gasteiger partial charge in [-0.2, -0.15) is 0 Å². The van der Waals surface area contributed by atoms with E-state index in [9.17, 15) is 9.59 Å². The number of nitrogens with two attached hydrogens (primary N) is 1. The van der Waals surface area contributed by atoms with Crippen molar-refractivity contribution in [3.8, 4) is 0 Å². The van der Waals surface area contributed by atoms with Crippen LogP contribution in [0.2, 0.25) is 5.02 Å². The van der Waals surface area contributed by atoms with E-state index in [1.54, 1.807) is 12.1 Å². The summed E-state index contributed by atoms with van der Waals surface area (Å²) in [6.07, 6.45) is 2.24. The molecule has 1 fully saturated rings. The molecule has 1 aliphatic carbocycles. The molecule has 0 spiro atoms. The maximum atomic E-state index is 12.0. The number of amides is 1. The number of hydrogen-bond acceptors (Lipinski definition) is 4. The number of carbonyl (C=O) groups is 2. The summed E-state index contributed by atoms with van der Waals surface area (Å²) in [7, 11) is 1.27. The van der Waals surface area contributed by atoms with Crippen molar-refractivity contribution in [2.45, 2.75) is 24.8 Å². The smallest absolute Gasteiger partial charge is 0.340 e. The molecule has 0 unspecified atom stereocenters. The maximum absolute atomic E-state index is 12.0. The molecule has 2 rings (SSSR count). The Morgan fingerprint density at radius 3 is 2.63 bits per heavy atom. The minimum atomic E-state index is -0.826. The minimum absolute atomic E-state index is 0.214. The van der Waals surface area contributed by atoms with E-state index in [1.165, 1.54) is 13.2 Å². The average molecular weight is 283 g/mol. The molecule has 0 bridgehead atoms. The zero-order valence-corrected chi connectivity index (χ0v) is 11.3. The lowest BCUT2D eigenvalue weighted by molar-refractivity contribution is -0.123. The molecule has 3 N–H and O–H groups in total. The molecule has 0 aromatic heterocycles. The van der Waals surface area contributed by atoms with Crippen molar-refractivity contribution in [3.05, 3.63) is 28.8 Å². The van der Waals surface area contributed by atoms with Gasteiger partial charge in [0, 0.05) is 5.02 Å². The number of ether oxygens (including phenoxy) is 1. The van der Waals surface area contributed by atoms with Gasteiger partial charge in [0.05, 0.1) is 23.9 Å². The van der Waals surface area contributed by atoms with Crippen molar-refractivity contribution >= 4 is 29.2 Å². The highest BCUT2D eigenvalue weighted by molar-refractivity contribution is 6.31. The number of halogens is 1. The van der Waals surface area contributed by atoms with Crippen LogP contribution < -0.4 is 11.1 Å². The Hall–Kier alpha value is -1.59. The van der Waals surface area contributed by atoms with E-state index < -0.39 is 11.5 Å². The van der Waals surface area contributed by atoms with Gasteiger partial charge in [-0.1, -0.05) is 11.6 Å². The lowest BCUT2D eigenvalue weighted by Crippen LogP contribution is -2.56. The van der Waals surface area contributed by atoms with Gasteiger partial charge in [-0.25, -0.2) is 4.79 Å². The highest BCUT2D eigenvalue weighted by Crippen LogP contribution is 2.31. The van der Waals surface area contributed by atoms with E-state index in [0.29, 0.717) is 23.6 Å². The number of nitrogens with one attached hydrogen (secondary N) is 1. The fraction of sp³-hybridized carbons (Fsp3) is 0.385. The number of methoxy groups -OCH3 is 1. The molecule has 1 amide bonds. The molecule has 0 aliphatic heterocycles. The van der Waals surface area contributed by atoms with Gasteiger partial charge in [-0.3, -0.25) is 4.79 Å². The van der Waals surface area contributed by atoms with E-state index in [2.05, 4.69) is 10.1 Å². The number of benzene rings is 1. The Kier molecular flexibility index (Phi) is 3.78. The first kappa shape index (κ1) is 13.8. The first-order chi connectivity index (χ1) is 8.96. The Balaban J connectivity index is 2.24. The summed E-state index contributed by atoms with van der Waals surface area (Å²) in [6, 6.07) is 4.61. The monoisotopic (exact) mass is 282 g/mol. The van der Waals surface area contributed by atoms with Crippen LogP contribution in [0.25, 0.3) is 0 Å². The van der Waals surface area contributed by atoms with Crippen molar-refractivity contribution in [2.24, 2.45) is 5.73 Å². The highest BCUT2D eigenvalue weighted by Gasteiger charge is 2.40. The molecule has 102 valence electrons. The lowest BCUT2D eigenvalue weighted by Gasteiger charge is -2.36. The van der Waals surface area contributed by atoms with E-state index in [4.69, 9.17) is 17.3 Å². The third kappa shape index (κ3) is 2.72. The minimum Gasteiger partial charge on any atom is -0.465 e. The van der Waals surface area contributed by atoms with Gasteiger partial charge < -0.3 is 15.8 Å². The van der Waals surface area contributed by atoms with Crippen LogP contribution in [0.3, 0.4) is 0 Å². The molecular weight excluding hydrogens is 268 g/mol. The quantitative estimate of drug-likeness (QED) is 0.830. The second-order valence-electron chi connectivity index (χ2n) is 4.65. The number of hydrogen-bond donors (Lipinski definition) is 2. The van der Waals surface area contributed by atoms with Crippen molar-refractivity contribution in [3.63, 3.8) is 0 Å². The third-order valence-electron chi connectivity index (χ3n) is 3.33. The Morgan fingerprint density at radius 2 is 2.11 bits per heavy atom. The molecule has 5 nitrogen and oxygen atoms in total. The van der Waals surface area contributed by atoms with Crippen LogP contribution in [-0.4, -0.2) is 24.5 Å². The van der Waals surface area contributed by atoms with Crippen LogP contribution in [0.4, 0.5) is 5.69 Å². The van der Waals surface area contributed by atoms with Gasteiger partial charge in [0.1, 0.15) is 0 Å². The van der Waals surface area contributed by atoms with Crippen molar-refractivity contribution in [1.29, 1.82) is 0 Å². The molecule has 1 aromatic rings. The normalized spacial score (nSPS) is 16.4. The SMILES string of the molecule is COC(=O)c1cc(Cl)ccc1NC(=O)C1(N)CCC1. The topological polar surface area (TPSA) is 81.4 Å². The van der Waals surface area contributed by atoms with Crippen molar-refractivity contribution in [2.75, 3.05) is 12.4 Å². The van der Waals surface area contributed by atoms with E-state index in [0.717, 1.165) is 6.42 Å². The largest absolute Gasteiger partial charge is 0.465 e. The van der Waals surface area contributed by atoms with Gasteiger partial charge in [0.2, 0.25) is 5.91 Å². The van der Waals surface area contributed by atoms with Crippen LogP contribution >= 0.6 is 11.6 Å². The fourth-order valence-corrected chi connectivity index (χ4v) is 2.11. The van der Waals surface area contributed by atoms with Crippen molar-refractivity contribution < 1.29 is 14.3 Å². The van der Waals surface area contributed by atoms with Crippen LogP contribution in [0.1, 0.15) is 29.6 Å². The number of carbonyl (C=O) groups excluding carboxylic acids is 2. The molecule has 1 aliphatic rings. The molecule has 0 atom stereocenters. The standard InChI is InChI=1S/C13H15ClN2O3/c1-19-11(17)9-7-8(14)3-4-10(9)16-12(18)13(15)5-2-6-13/h3-4,7H,2,5-6,15H2,1H3,(H,16,18). The summed E-state index contributed by atoms with van der Waals surface area (Å²) < 4.78 is 4.66. The van der Waals surface area contributed by atoms with Gasteiger partial charge in [0.15, 0.2) is 0 Å². The summed E-state index contributed by atoms with van der Waals surface area (Å²) in [5.41, 5.74) is 5.68. The summed E-state index contributed by atoms with van der Waals surface area (Å²) in [5.74, 6) is -0.844. The van der Waals surface area contributed by atoms with Crippen LogP contribution in [-0.2, 0) is 9.53 Å². The average Bonchev–Trinajstić information content (AvgIpc) is 2.36. The van der Waals surface area contributed by atoms with Crippen LogP contribution in [0.15, 0.2) is 18.2 Å². The predicted octanol–water partition coefficient (Wildman–Crippen LogP) is 1.95. The molecule has 0 heterocycles. The Bertz CT molecular complexity index is 527. The second kappa shape index (κ2) is 5.19. The molecule has 1 saturated carbocycles. The fourth-order valence-electron chi connectivity index (χ4n) is 1.94. The van der Waals surface area contributed by atoms with Gasteiger partial charge in [-0.15, -0.1) is 0 Å². The Morgan fingerprint density at radius 1 is 1.42 bits per heavy atom. The summed E-state index contributed by atoms with van der Waals surface area (Å²) in [6.45, 7) is 0. The van der Waals surface area contributed by atoms with E-state index in [-0.39, 0.29) is 11.5 Å². The van der Waals surface area contributed by atoms with Gasteiger partial charge in [-0.05, 0) is 37.5 Å². The number of esters is 1. The van der Waals surface area contributed by atoms with Crippen molar-refractivity contribution in [1.82, 2.24) is 0 Å². The molecule has 6 heteroatoms. The summed E-state index contributed by atoms with van der Waals surface area (Å²) in [4.78, 5) is 23.7. The summed E-state index contributed by atoms with van der Waals surface area (Å²) >= 11 is 5.84. The lowest BCUT2D eigenvalue weighted by atomic mass is 9.77.